The van der Waals surface area contributed by atoms with Gasteiger partial charge in [-0.3, -0.25) is 9.59 Å². The van der Waals surface area contributed by atoms with Crippen LogP contribution in [0, 0.1) is 6.92 Å². The summed E-state index contributed by atoms with van der Waals surface area (Å²) in [5.74, 6) is -0.332. The molecule has 0 saturated heterocycles. The molecule has 1 atom stereocenters. The van der Waals surface area contributed by atoms with E-state index in [2.05, 4.69) is 26.9 Å². The molecule has 0 unspecified atom stereocenters. The third-order valence-corrected chi connectivity index (χ3v) is 4.91. The van der Waals surface area contributed by atoms with Gasteiger partial charge in [-0.2, -0.15) is 0 Å². The molecule has 2 aromatic rings. The molecule has 0 spiro atoms. The number of rotatable bonds is 10. The number of likely N-dealkylation sites (N-methyl/N-ethyl adjacent to an activating group) is 1. The van der Waals surface area contributed by atoms with Gasteiger partial charge in [0.15, 0.2) is 5.43 Å². The van der Waals surface area contributed by atoms with Crippen LogP contribution in [0.25, 0.3) is 0 Å². The highest BCUT2D eigenvalue weighted by molar-refractivity contribution is 5.95. The van der Waals surface area contributed by atoms with Crippen molar-refractivity contribution in [3.05, 3.63) is 69.1 Å². The number of pyridine rings is 1. The van der Waals surface area contributed by atoms with Crippen molar-refractivity contribution in [1.82, 2.24) is 14.8 Å². The minimum atomic E-state index is -0.332. The van der Waals surface area contributed by atoms with E-state index in [0.29, 0.717) is 13.0 Å². The minimum Gasteiger partial charge on any atom is -0.383 e. The number of ether oxygens (including phenoxy) is 1. The summed E-state index contributed by atoms with van der Waals surface area (Å²) in [7, 11) is 5.62. The lowest BCUT2D eigenvalue weighted by atomic mass is 10.0. The average molecular weight is 400 g/mol. The number of carbonyl (C=O) groups is 1. The van der Waals surface area contributed by atoms with Crippen molar-refractivity contribution in [2.45, 2.75) is 39.3 Å². The number of methoxy groups -OCH3 is 1. The Kier molecular flexibility index (Phi) is 8.61. The van der Waals surface area contributed by atoms with Crippen molar-refractivity contribution in [2.24, 2.45) is 0 Å². The lowest BCUT2D eigenvalue weighted by Crippen LogP contribution is -2.40. The van der Waals surface area contributed by atoms with E-state index in [1.165, 1.54) is 5.56 Å². The molecule has 6 nitrogen and oxygen atoms in total. The number of benzene rings is 1. The van der Waals surface area contributed by atoms with Gasteiger partial charge in [0.05, 0.1) is 6.61 Å². The zero-order valence-electron chi connectivity index (χ0n) is 18.2. The molecule has 1 amide bonds. The maximum Gasteiger partial charge on any atom is 0.257 e. The summed E-state index contributed by atoms with van der Waals surface area (Å²) in [5, 5.41) is 2.90. The Hall–Kier alpha value is -2.44. The van der Waals surface area contributed by atoms with Crippen molar-refractivity contribution >= 4 is 5.91 Å². The Morgan fingerprint density at radius 2 is 1.90 bits per heavy atom. The Morgan fingerprint density at radius 1 is 1.21 bits per heavy atom. The number of aromatic nitrogens is 1. The smallest absolute Gasteiger partial charge is 0.257 e. The molecular weight excluding hydrogens is 366 g/mol. The first-order valence-corrected chi connectivity index (χ1v) is 10.0. The van der Waals surface area contributed by atoms with E-state index in [0.717, 1.165) is 30.9 Å². The summed E-state index contributed by atoms with van der Waals surface area (Å²) >= 11 is 0. The van der Waals surface area contributed by atoms with E-state index >= 15 is 0 Å². The van der Waals surface area contributed by atoms with Crippen molar-refractivity contribution < 1.29 is 9.53 Å². The Balaban J connectivity index is 2.44. The maximum atomic E-state index is 13.0. The molecule has 1 aromatic carbocycles. The Bertz CT molecular complexity index is 860. The van der Waals surface area contributed by atoms with Gasteiger partial charge in [0.2, 0.25) is 0 Å². The highest BCUT2D eigenvalue weighted by Gasteiger charge is 2.21. The van der Waals surface area contributed by atoms with Gasteiger partial charge in [0.25, 0.3) is 5.91 Å². The van der Waals surface area contributed by atoms with Gasteiger partial charge in [-0.05, 0) is 46.3 Å². The van der Waals surface area contributed by atoms with Gasteiger partial charge in [-0.15, -0.1) is 0 Å². The predicted molar refractivity (Wildman–Crippen MR) is 117 cm³/mol. The zero-order chi connectivity index (χ0) is 21.4. The summed E-state index contributed by atoms with van der Waals surface area (Å²) in [5.41, 5.74) is 2.87. The number of hydrogen-bond donors (Lipinski definition) is 1. The molecule has 0 aliphatic carbocycles. The van der Waals surface area contributed by atoms with Crippen LogP contribution in [0.3, 0.4) is 0 Å². The van der Waals surface area contributed by atoms with E-state index in [4.69, 9.17) is 4.74 Å². The van der Waals surface area contributed by atoms with Crippen molar-refractivity contribution in [3.63, 3.8) is 0 Å². The van der Waals surface area contributed by atoms with Gasteiger partial charge < -0.3 is 19.5 Å². The Labute approximate surface area is 173 Å². The molecule has 0 bridgehead atoms. The number of nitrogens with zero attached hydrogens (tertiary/aromatic N) is 2. The summed E-state index contributed by atoms with van der Waals surface area (Å²) in [6.07, 6.45) is 1.38. The van der Waals surface area contributed by atoms with Crippen LogP contribution in [0.1, 0.15) is 34.2 Å². The first kappa shape index (κ1) is 22.8. The van der Waals surface area contributed by atoms with Crippen molar-refractivity contribution in [1.29, 1.82) is 0 Å². The highest BCUT2D eigenvalue weighted by Crippen LogP contribution is 2.14. The molecule has 0 aliphatic heterocycles. The molecule has 1 N–H and O–H groups in total. The van der Waals surface area contributed by atoms with Crippen LogP contribution in [0.2, 0.25) is 0 Å². The highest BCUT2D eigenvalue weighted by atomic mass is 16.5. The van der Waals surface area contributed by atoms with Gasteiger partial charge in [0, 0.05) is 43.7 Å². The van der Waals surface area contributed by atoms with Crippen molar-refractivity contribution in [3.8, 4) is 0 Å². The standard InChI is InChI=1S/C23H33N3O3/c1-17(16-29-5)24-23(28)22-20(12-11-19-9-7-6-8-10-19)26(14-13-25(3)4)18(2)15-21(22)27/h6-10,15,17H,11-14,16H2,1-5H3,(H,24,28)/t17-/m0/s1. The quantitative estimate of drug-likeness (QED) is 0.666. The number of aryl methyl sites for hydroxylation is 2. The van der Waals surface area contributed by atoms with E-state index in [9.17, 15) is 9.59 Å². The van der Waals surface area contributed by atoms with E-state index in [-0.39, 0.29) is 22.9 Å². The topological polar surface area (TPSA) is 63.6 Å². The number of amides is 1. The second-order valence-corrected chi connectivity index (χ2v) is 7.74. The molecule has 1 aromatic heterocycles. The van der Waals surface area contributed by atoms with Crippen LogP contribution < -0.4 is 10.7 Å². The lowest BCUT2D eigenvalue weighted by Gasteiger charge is -2.22. The molecular formula is C23H33N3O3. The fourth-order valence-electron chi connectivity index (χ4n) is 3.44. The SMILES string of the molecule is COC[C@H](C)NC(=O)c1c(CCc2ccccc2)n(CCN(C)C)c(C)cc1=O. The molecule has 0 fully saturated rings. The van der Waals surface area contributed by atoms with Gasteiger partial charge in [-0.25, -0.2) is 0 Å². The summed E-state index contributed by atoms with van der Waals surface area (Å²) in [4.78, 5) is 27.9. The Morgan fingerprint density at radius 3 is 2.52 bits per heavy atom. The second kappa shape index (κ2) is 10.9. The van der Waals surface area contributed by atoms with Crippen LogP contribution in [-0.2, 0) is 24.1 Å². The van der Waals surface area contributed by atoms with Crippen LogP contribution in [0.4, 0.5) is 0 Å². The van der Waals surface area contributed by atoms with Crippen LogP contribution in [0.5, 0.6) is 0 Å². The van der Waals surface area contributed by atoms with Crippen LogP contribution >= 0.6 is 0 Å². The lowest BCUT2D eigenvalue weighted by molar-refractivity contribution is 0.0902. The first-order chi connectivity index (χ1) is 13.8. The molecule has 6 heteroatoms. The molecule has 0 aliphatic rings. The minimum absolute atomic E-state index is 0.176. The third-order valence-electron chi connectivity index (χ3n) is 4.91. The molecule has 0 saturated carbocycles. The molecule has 0 radical (unpaired) electrons. The van der Waals surface area contributed by atoms with Gasteiger partial charge in [-0.1, -0.05) is 30.3 Å². The summed E-state index contributed by atoms with van der Waals surface area (Å²) in [6, 6.07) is 11.5. The summed E-state index contributed by atoms with van der Waals surface area (Å²) in [6.45, 7) is 5.73. The number of nitrogens with one attached hydrogen (secondary N) is 1. The predicted octanol–water partition coefficient (Wildman–Crippen LogP) is 2.27. The number of hydrogen-bond acceptors (Lipinski definition) is 4. The fraction of sp³-hybridized carbons (Fsp3) is 0.478. The molecule has 1 heterocycles. The first-order valence-electron chi connectivity index (χ1n) is 10.0. The monoisotopic (exact) mass is 399 g/mol. The van der Waals surface area contributed by atoms with Gasteiger partial charge in [0.1, 0.15) is 5.56 Å². The van der Waals surface area contributed by atoms with Crippen molar-refractivity contribution in [2.75, 3.05) is 34.4 Å². The zero-order valence-corrected chi connectivity index (χ0v) is 18.2. The molecule has 2 rings (SSSR count). The molecule has 29 heavy (non-hydrogen) atoms. The van der Waals surface area contributed by atoms with E-state index in [1.54, 1.807) is 13.2 Å². The second-order valence-electron chi connectivity index (χ2n) is 7.74. The van der Waals surface area contributed by atoms with Crippen LogP contribution in [-0.4, -0.2) is 55.8 Å². The van der Waals surface area contributed by atoms with E-state index < -0.39 is 0 Å². The maximum absolute atomic E-state index is 13.0. The normalized spacial score (nSPS) is 12.2. The van der Waals surface area contributed by atoms with Crippen LogP contribution in [0.15, 0.2) is 41.2 Å². The van der Waals surface area contributed by atoms with Gasteiger partial charge >= 0.3 is 0 Å². The fourth-order valence-corrected chi connectivity index (χ4v) is 3.44. The largest absolute Gasteiger partial charge is 0.383 e. The average Bonchev–Trinajstić information content (AvgIpc) is 2.66. The summed E-state index contributed by atoms with van der Waals surface area (Å²) < 4.78 is 7.22. The van der Waals surface area contributed by atoms with E-state index in [1.807, 2.05) is 46.1 Å². The number of carbonyl (C=O) groups excluding carboxylic acids is 1. The molecule has 158 valence electrons. The third kappa shape index (κ3) is 6.54.